The zero-order valence-corrected chi connectivity index (χ0v) is 6.41. The summed E-state index contributed by atoms with van der Waals surface area (Å²) in [5.41, 5.74) is 0. The van der Waals surface area contributed by atoms with Crippen LogP contribution in [0.3, 0.4) is 0 Å². The van der Waals surface area contributed by atoms with Crippen molar-refractivity contribution in [3.8, 4) is 0 Å². The molecule has 9 heavy (non-hydrogen) atoms. The fraction of sp³-hybridized carbons (Fsp3) is 0.800. The highest BCUT2D eigenvalue weighted by Crippen LogP contribution is 1.48. The summed E-state index contributed by atoms with van der Waals surface area (Å²) >= 11 is 0. The minimum atomic E-state index is -0.157. The Balaban J connectivity index is 0. The van der Waals surface area contributed by atoms with E-state index >= 15 is 0 Å². The molecule has 0 aromatic carbocycles. The first kappa shape index (κ1) is 11.1. The summed E-state index contributed by atoms with van der Waals surface area (Å²) in [6, 6.07) is -0.157. The molecule has 0 aliphatic carbocycles. The Kier molecular flexibility index (Phi) is 12.6. The van der Waals surface area contributed by atoms with E-state index in [1.807, 2.05) is 14.1 Å². The van der Waals surface area contributed by atoms with E-state index in [4.69, 9.17) is 0 Å². The molecule has 0 rings (SSSR count). The molecule has 0 spiro atoms. The van der Waals surface area contributed by atoms with E-state index in [0.717, 1.165) is 0 Å². The highest BCUT2D eigenvalue weighted by Gasteiger charge is 1.81. The van der Waals surface area contributed by atoms with E-state index in [-0.39, 0.29) is 6.03 Å². The standard InChI is InChI=1S/C3H8N2O.C2H7N/c1-4-3(6)5-2;1-3-2/h1-2H3,(H2,4,5,6);3H,1-2H3. The molecule has 0 aromatic heterocycles. The van der Waals surface area contributed by atoms with Crippen LogP contribution in [0.1, 0.15) is 0 Å². The lowest BCUT2D eigenvalue weighted by molar-refractivity contribution is 0.245. The van der Waals surface area contributed by atoms with Gasteiger partial charge in [0.25, 0.3) is 0 Å². The second kappa shape index (κ2) is 10.3. The molecule has 4 nitrogen and oxygen atoms in total. The molecule has 0 radical (unpaired) electrons. The highest BCUT2D eigenvalue weighted by atomic mass is 16.2. The molecule has 0 fully saturated rings. The molecule has 0 aromatic rings. The zero-order valence-electron chi connectivity index (χ0n) is 6.41. The van der Waals surface area contributed by atoms with E-state index < -0.39 is 0 Å². The maximum Gasteiger partial charge on any atom is 0.314 e. The van der Waals surface area contributed by atoms with Gasteiger partial charge in [0.2, 0.25) is 0 Å². The Morgan fingerprint density at radius 3 is 1.22 bits per heavy atom. The van der Waals surface area contributed by atoms with Crippen molar-refractivity contribution in [2.45, 2.75) is 0 Å². The predicted molar refractivity (Wildman–Crippen MR) is 38.5 cm³/mol. The van der Waals surface area contributed by atoms with Gasteiger partial charge in [-0.3, -0.25) is 0 Å². The van der Waals surface area contributed by atoms with Crippen LogP contribution in [-0.4, -0.2) is 34.2 Å². The van der Waals surface area contributed by atoms with Crippen molar-refractivity contribution in [1.29, 1.82) is 0 Å². The van der Waals surface area contributed by atoms with Crippen molar-refractivity contribution in [3.63, 3.8) is 0 Å². The van der Waals surface area contributed by atoms with Crippen LogP contribution < -0.4 is 16.0 Å². The number of hydrogen-bond acceptors (Lipinski definition) is 2. The number of carbonyl (C=O) groups excluding carboxylic acids is 1. The second-order valence-corrected chi connectivity index (χ2v) is 1.33. The lowest BCUT2D eigenvalue weighted by Gasteiger charge is -1.91. The van der Waals surface area contributed by atoms with Crippen molar-refractivity contribution < 1.29 is 4.79 Å². The number of urea groups is 1. The first-order valence-corrected chi connectivity index (χ1v) is 2.70. The molecule has 56 valence electrons. The van der Waals surface area contributed by atoms with Gasteiger partial charge in [-0.1, -0.05) is 0 Å². The van der Waals surface area contributed by atoms with E-state index in [2.05, 4.69) is 16.0 Å². The van der Waals surface area contributed by atoms with Crippen molar-refractivity contribution in [2.75, 3.05) is 28.2 Å². The SMILES string of the molecule is CNC.CNC(=O)NC. The smallest absolute Gasteiger partial charge is 0.314 e. The van der Waals surface area contributed by atoms with Gasteiger partial charge in [-0.05, 0) is 14.1 Å². The van der Waals surface area contributed by atoms with E-state index in [1.165, 1.54) is 0 Å². The third kappa shape index (κ3) is 19.0. The summed E-state index contributed by atoms with van der Waals surface area (Å²) in [4.78, 5) is 9.96. The Morgan fingerprint density at radius 1 is 1.00 bits per heavy atom. The van der Waals surface area contributed by atoms with E-state index in [0.29, 0.717) is 0 Å². The summed E-state index contributed by atoms with van der Waals surface area (Å²) in [6.07, 6.45) is 0. The molecule has 0 unspecified atom stereocenters. The molecule has 0 heterocycles. The summed E-state index contributed by atoms with van der Waals surface area (Å²) < 4.78 is 0. The Bertz CT molecular complexity index is 59.2. The minimum absolute atomic E-state index is 0.157. The Morgan fingerprint density at radius 2 is 1.22 bits per heavy atom. The van der Waals surface area contributed by atoms with Crippen molar-refractivity contribution >= 4 is 6.03 Å². The largest absolute Gasteiger partial charge is 0.341 e. The van der Waals surface area contributed by atoms with E-state index in [1.54, 1.807) is 14.1 Å². The number of amides is 2. The van der Waals surface area contributed by atoms with Crippen LogP contribution in [0.4, 0.5) is 4.79 Å². The average molecular weight is 133 g/mol. The van der Waals surface area contributed by atoms with Gasteiger partial charge in [0, 0.05) is 14.1 Å². The molecule has 0 aliphatic heterocycles. The molecule has 0 saturated carbocycles. The summed E-state index contributed by atoms with van der Waals surface area (Å²) in [5.74, 6) is 0. The van der Waals surface area contributed by atoms with Crippen molar-refractivity contribution in [2.24, 2.45) is 0 Å². The molecule has 4 heteroatoms. The quantitative estimate of drug-likeness (QED) is 0.412. The first-order chi connectivity index (χ1) is 4.22. The molecular formula is C5H15N3O. The molecule has 0 atom stereocenters. The zero-order chi connectivity index (χ0) is 7.70. The van der Waals surface area contributed by atoms with Crippen LogP contribution >= 0.6 is 0 Å². The second-order valence-electron chi connectivity index (χ2n) is 1.33. The number of carbonyl (C=O) groups is 1. The van der Waals surface area contributed by atoms with Crippen LogP contribution in [-0.2, 0) is 0 Å². The lowest BCUT2D eigenvalue weighted by Crippen LogP contribution is -2.28. The van der Waals surface area contributed by atoms with Crippen LogP contribution in [0.5, 0.6) is 0 Å². The van der Waals surface area contributed by atoms with Gasteiger partial charge in [0.15, 0.2) is 0 Å². The predicted octanol–water partition coefficient (Wildman–Crippen LogP) is -0.619. The van der Waals surface area contributed by atoms with Crippen LogP contribution in [0.25, 0.3) is 0 Å². The minimum Gasteiger partial charge on any atom is -0.341 e. The van der Waals surface area contributed by atoms with Crippen molar-refractivity contribution in [3.05, 3.63) is 0 Å². The normalized spacial score (nSPS) is 6.67. The third-order valence-electron chi connectivity index (χ3n) is 0.454. The molecule has 2 amide bonds. The number of rotatable bonds is 0. The number of nitrogens with one attached hydrogen (secondary N) is 3. The van der Waals surface area contributed by atoms with Gasteiger partial charge < -0.3 is 16.0 Å². The van der Waals surface area contributed by atoms with Crippen LogP contribution in [0, 0.1) is 0 Å². The van der Waals surface area contributed by atoms with Gasteiger partial charge in [-0.25, -0.2) is 4.79 Å². The molecule has 0 saturated heterocycles. The van der Waals surface area contributed by atoms with E-state index in [9.17, 15) is 4.79 Å². The summed E-state index contributed by atoms with van der Waals surface area (Å²) in [5, 5.41) is 7.48. The summed E-state index contributed by atoms with van der Waals surface area (Å²) in [6.45, 7) is 0. The molecule has 0 bridgehead atoms. The Labute approximate surface area is 56.0 Å². The topological polar surface area (TPSA) is 53.2 Å². The fourth-order valence-electron chi connectivity index (χ4n) is 0.125. The van der Waals surface area contributed by atoms with Crippen LogP contribution in [0.2, 0.25) is 0 Å². The maximum absolute atomic E-state index is 9.96. The fourth-order valence-corrected chi connectivity index (χ4v) is 0.125. The molecular weight excluding hydrogens is 118 g/mol. The third-order valence-corrected chi connectivity index (χ3v) is 0.454. The molecule has 3 N–H and O–H groups in total. The maximum atomic E-state index is 9.96. The highest BCUT2D eigenvalue weighted by molar-refractivity contribution is 5.72. The van der Waals surface area contributed by atoms with Crippen molar-refractivity contribution in [1.82, 2.24) is 16.0 Å². The van der Waals surface area contributed by atoms with Gasteiger partial charge in [-0.15, -0.1) is 0 Å². The monoisotopic (exact) mass is 133 g/mol. The first-order valence-electron chi connectivity index (χ1n) is 2.70. The average Bonchev–Trinajstić information content (AvgIpc) is 1.88. The van der Waals surface area contributed by atoms with Gasteiger partial charge >= 0.3 is 6.03 Å². The van der Waals surface area contributed by atoms with Gasteiger partial charge in [-0.2, -0.15) is 0 Å². The Hall–Kier alpha value is -0.770. The van der Waals surface area contributed by atoms with Crippen LogP contribution in [0.15, 0.2) is 0 Å². The van der Waals surface area contributed by atoms with Gasteiger partial charge in [0.05, 0.1) is 0 Å². The summed E-state index contributed by atoms with van der Waals surface area (Å²) in [7, 11) is 6.89. The molecule has 0 aliphatic rings. The lowest BCUT2D eigenvalue weighted by atomic mass is 11.0. The van der Waals surface area contributed by atoms with Gasteiger partial charge in [0.1, 0.15) is 0 Å². The number of hydrogen-bond donors (Lipinski definition) is 3.